The molecule has 0 aliphatic heterocycles. The number of aromatic nitrogens is 2. The number of amides is 1. The fraction of sp³-hybridized carbons (Fsp3) is 0.562. The van der Waals surface area contributed by atoms with Crippen molar-refractivity contribution >= 4 is 17.0 Å². The van der Waals surface area contributed by atoms with E-state index in [-0.39, 0.29) is 11.3 Å². The Labute approximate surface area is 149 Å². The molecule has 27 heavy (non-hydrogen) atoms. The van der Waals surface area contributed by atoms with Crippen molar-refractivity contribution in [2.75, 3.05) is 0 Å². The lowest BCUT2D eigenvalue weighted by Gasteiger charge is -2.36. The van der Waals surface area contributed by atoms with Gasteiger partial charge in [-0.25, -0.2) is 4.98 Å². The number of pyridine rings is 1. The second kappa shape index (κ2) is 6.68. The standard InChI is InChI=1S/C16H15F6N3O2/c1-7-12-2-8(6-23-14(12)27-25-7)13(26)24-11-4-9(15(17,18)19)3-10(5-11)16(20,21)22/h2,6,9-11H,3-5H2,1H3,(H,24,26)/t9-,10+,11?. The van der Waals surface area contributed by atoms with Crippen LogP contribution in [0.4, 0.5) is 26.3 Å². The van der Waals surface area contributed by atoms with Crippen molar-refractivity contribution in [2.45, 2.75) is 44.6 Å². The number of hydrogen-bond acceptors (Lipinski definition) is 4. The molecule has 1 N–H and O–H groups in total. The SMILES string of the molecule is Cc1noc2ncc(C(=O)NC3C[C@@H](C(F)(F)F)C[C@@H](C(F)(F)F)C3)cc12. The molecular weight excluding hydrogens is 380 g/mol. The molecule has 0 saturated heterocycles. The number of halogens is 6. The number of hydrogen-bond donors (Lipinski definition) is 1. The molecule has 0 aromatic carbocycles. The zero-order valence-electron chi connectivity index (χ0n) is 14.0. The Morgan fingerprint density at radius 2 is 1.70 bits per heavy atom. The van der Waals surface area contributed by atoms with Crippen LogP contribution in [0.3, 0.4) is 0 Å². The lowest BCUT2D eigenvalue weighted by molar-refractivity contribution is -0.225. The number of nitrogens with one attached hydrogen (secondary N) is 1. The molecule has 1 unspecified atom stereocenters. The van der Waals surface area contributed by atoms with Gasteiger partial charge in [0.05, 0.1) is 28.5 Å². The van der Waals surface area contributed by atoms with Gasteiger partial charge in [0.25, 0.3) is 11.6 Å². The van der Waals surface area contributed by atoms with E-state index in [1.54, 1.807) is 6.92 Å². The first-order chi connectivity index (χ1) is 12.4. The minimum absolute atomic E-state index is 0.00601. The Morgan fingerprint density at radius 1 is 1.11 bits per heavy atom. The Kier molecular flexibility index (Phi) is 4.81. The van der Waals surface area contributed by atoms with Gasteiger partial charge in [-0.1, -0.05) is 5.16 Å². The molecule has 0 spiro atoms. The van der Waals surface area contributed by atoms with Crippen molar-refractivity contribution in [3.05, 3.63) is 23.5 Å². The van der Waals surface area contributed by atoms with Crippen LogP contribution in [0.15, 0.2) is 16.8 Å². The summed E-state index contributed by atoms with van der Waals surface area (Å²) in [6.07, 6.45) is -10.6. The first-order valence-electron chi connectivity index (χ1n) is 8.11. The maximum Gasteiger partial charge on any atom is 0.391 e. The predicted octanol–water partition coefficient (Wildman–Crippen LogP) is 4.17. The highest BCUT2D eigenvalue weighted by atomic mass is 19.4. The van der Waals surface area contributed by atoms with Crippen LogP contribution in [0.5, 0.6) is 0 Å². The number of carbonyl (C=O) groups excluding carboxylic acids is 1. The zero-order chi connectivity index (χ0) is 20.0. The van der Waals surface area contributed by atoms with Gasteiger partial charge in [0.2, 0.25) is 0 Å². The quantitative estimate of drug-likeness (QED) is 0.775. The Morgan fingerprint density at radius 3 is 2.26 bits per heavy atom. The highest BCUT2D eigenvalue weighted by Crippen LogP contribution is 2.45. The molecule has 148 valence electrons. The maximum atomic E-state index is 13.0. The lowest BCUT2D eigenvalue weighted by Crippen LogP contribution is -2.47. The second-order valence-corrected chi connectivity index (χ2v) is 6.70. The van der Waals surface area contributed by atoms with Crippen LogP contribution >= 0.6 is 0 Å². The number of fused-ring (bicyclic) bond motifs is 1. The third kappa shape index (κ3) is 4.16. The monoisotopic (exact) mass is 395 g/mol. The van der Waals surface area contributed by atoms with Gasteiger partial charge < -0.3 is 9.84 Å². The van der Waals surface area contributed by atoms with Crippen LogP contribution in [0.25, 0.3) is 11.1 Å². The number of nitrogens with zero attached hydrogens (tertiary/aromatic N) is 2. The summed E-state index contributed by atoms with van der Waals surface area (Å²) in [6.45, 7) is 1.61. The van der Waals surface area contributed by atoms with Gasteiger partial charge in [0, 0.05) is 12.2 Å². The smallest absolute Gasteiger partial charge is 0.349 e. The lowest BCUT2D eigenvalue weighted by atomic mass is 9.77. The molecule has 3 rings (SSSR count). The molecular formula is C16H15F6N3O2. The Hall–Kier alpha value is -2.33. The summed E-state index contributed by atoms with van der Waals surface area (Å²) in [7, 11) is 0. The number of carbonyl (C=O) groups is 1. The van der Waals surface area contributed by atoms with Crippen LogP contribution in [0.1, 0.15) is 35.3 Å². The van der Waals surface area contributed by atoms with Gasteiger partial charge in [-0.15, -0.1) is 0 Å². The van der Waals surface area contributed by atoms with Crippen LogP contribution in [-0.4, -0.2) is 34.4 Å². The van der Waals surface area contributed by atoms with Gasteiger partial charge >= 0.3 is 12.4 Å². The molecule has 1 fully saturated rings. The molecule has 2 aromatic heterocycles. The van der Waals surface area contributed by atoms with Crippen molar-refractivity contribution in [3.8, 4) is 0 Å². The molecule has 2 heterocycles. The van der Waals surface area contributed by atoms with Crippen LogP contribution in [0.2, 0.25) is 0 Å². The zero-order valence-corrected chi connectivity index (χ0v) is 14.0. The molecule has 0 radical (unpaired) electrons. The third-order valence-electron chi connectivity index (χ3n) is 4.74. The van der Waals surface area contributed by atoms with Crippen molar-refractivity contribution in [1.82, 2.24) is 15.5 Å². The topological polar surface area (TPSA) is 68.0 Å². The summed E-state index contributed by atoms with van der Waals surface area (Å²) in [6, 6.07) is 0.137. The van der Waals surface area contributed by atoms with E-state index in [0.717, 1.165) is 6.20 Å². The van der Waals surface area contributed by atoms with E-state index < -0.39 is 55.4 Å². The largest absolute Gasteiger partial charge is 0.391 e. The summed E-state index contributed by atoms with van der Waals surface area (Å²) in [4.78, 5) is 16.2. The Bertz CT molecular complexity index is 823. The Balaban J connectivity index is 1.79. The normalized spacial score (nSPS) is 24.2. The molecule has 1 amide bonds. The van der Waals surface area contributed by atoms with Crippen LogP contribution < -0.4 is 5.32 Å². The number of rotatable bonds is 2. The van der Waals surface area contributed by atoms with Gasteiger partial charge in [-0.2, -0.15) is 26.3 Å². The highest BCUT2D eigenvalue weighted by molar-refractivity contribution is 5.97. The van der Waals surface area contributed by atoms with Crippen molar-refractivity contribution in [3.63, 3.8) is 0 Å². The minimum Gasteiger partial charge on any atom is -0.349 e. The van der Waals surface area contributed by atoms with E-state index in [4.69, 9.17) is 4.52 Å². The minimum atomic E-state index is -4.76. The fourth-order valence-corrected chi connectivity index (χ4v) is 3.31. The molecule has 1 saturated carbocycles. The highest BCUT2D eigenvalue weighted by Gasteiger charge is 2.52. The van der Waals surface area contributed by atoms with E-state index in [0.29, 0.717) is 11.1 Å². The summed E-state index contributed by atoms with van der Waals surface area (Å²) < 4.78 is 83.0. The predicted molar refractivity (Wildman–Crippen MR) is 80.7 cm³/mol. The van der Waals surface area contributed by atoms with Crippen molar-refractivity contribution < 1.29 is 35.7 Å². The average Bonchev–Trinajstić information content (AvgIpc) is 2.93. The number of aryl methyl sites for hydroxylation is 1. The summed E-state index contributed by atoms with van der Waals surface area (Å²) >= 11 is 0. The van der Waals surface area contributed by atoms with Crippen molar-refractivity contribution in [1.29, 1.82) is 0 Å². The molecule has 0 bridgehead atoms. The van der Waals surface area contributed by atoms with Gasteiger partial charge in [0.1, 0.15) is 0 Å². The molecule has 5 nitrogen and oxygen atoms in total. The third-order valence-corrected chi connectivity index (χ3v) is 4.74. The second-order valence-electron chi connectivity index (χ2n) is 6.70. The van der Waals surface area contributed by atoms with Gasteiger partial charge in [-0.05, 0) is 32.3 Å². The van der Waals surface area contributed by atoms with E-state index in [1.807, 2.05) is 0 Å². The first-order valence-corrected chi connectivity index (χ1v) is 8.11. The van der Waals surface area contributed by atoms with Gasteiger partial charge in [-0.3, -0.25) is 4.79 Å². The molecule has 11 heteroatoms. The molecule has 3 atom stereocenters. The van der Waals surface area contributed by atoms with E-state index in [1.165, 1.54) is 6.07 Å². The van der Waals surface area contributed by atoms with Crippen LogP contribution in [-0.2, 0) is 0 Å². The molecule has 1 aliphatic rings. The maximum absolute atomic E-state index is 13.0. The van der Waals surface area contributed by atoms with Crippen LogP contribution in [0, 0.1) is 18.8 Å². The number of alkyl halides is 6. The molecule has 1 aliphatic carbocycles. The first kappa shape index (κ1) is 19.4. The summed E-state index contributed by atoms with van der Waals surface area (Å²) in [5.41, 5.74) is 0.640. The fourth-order valence-electron chi connectivity index (χ4n) is 3.31. The summed E-state index contributed by atoms with van der Waals surface area (Å²) in [5, 5.41) is 6.39. The molecule has 2 aromatic rings. The summed E-state index contributed by atoms with van der Waals surface area (Å²) in [5.74, 6) is -5.04. The average molecular weight is 395 g/mol. The van der Waals surface area contributed by atoms with Gasteiger partial charge in [0.15, 0.2) is 0 Å². The van der Waals surface area contributed by atoms with E-state index in [9.17, 15) is 31.1 Å². The van der Waals surface area contributed by atoms with E-state index >= 15 is 0 Å². The van der Waals surface area contributed by atoms with E-state index in [2.05, 4.69) is 15.5 Å². The van der Waals surface area contributed by atoms with Crippen molar-refractivity contribution in [2.24, 2.45) is 11.8 Å².